The lowest BCUT2D eigenvalue weighted by Crippen LogP contribution is -2.38. The van der Waals surface area contributed by atoms with Crippen molar-refractivity contribution in [2.75, 3.05) is 7.11 Å². The molecule has 1 aromatic carbocycles. The number of nitrogens with one attached hydrogen (secondary N) is 1. The van der Waals surface area contributed by atoms with Gasteiger partial charge in [-0.15, -0.1) is 0 Å². The Kier molecular flexibility index (Phi) is 4.85. The number of hydrogen-bond acceptors (Lipinski definition) is 6. The predicted molar refractivity (Wildman–Crippen MR) is 113 cm³/mol. The molecule has 0 radical (unpaired) electrons. The summed E-state index contributed by atoms with van der Waals surface area (Å²) >= 11 is 0. The quantitative estimate of drug-likeness (QED) is 0.500. The van der Waals surface area contributed by atoms with Gasteiger partial charge in [0.2, 0.25) is 0 Å². The predicted octanol–water partition coefficient (Wildman–Crippen LogP) is 2.56. The standard InChI is InChI=1S/C22H22N6O3/c1-31-19-10-18-15(9-17(19)22(30)25-16-6-4-14(13-29)5-7-16)12-27(26-18)21-11-23-20-3-2-8-24-28(20)21/h2-3,8-14,16H,4-7H2,1H3,(H,25,30). The molecule has 0 unspecified atom stereocenters. The fourth-order valence-electron chi connectivity index (χ4n) is 4.15. The van der Waals surface area contributed by atoms with Crippen molar-refractivity contribution in [3.8, 4) is 11.6 Å². The van der Waals surface area contributed by atoms with Gasteiger partial charge in [0.05, 0.1) is 24.4 Å². The van der Waals surface area contributed by atoms with Crippen LogP contribution in [0.1, 0.15) is 36.0 Å². The monoisotopic (exact) mass is 418 g/mol. The Balaban J connectivity index is 1.45. The van der Waals surface area contributed by atoms with E-state index < -0.39 is 0 Å². The first-order valence-corrected chi connectivity index (χ1v) is 10.3. The molecule has 9 nitrogen and oxygen atoms in total. The first-order valence-electron chi connectivity index (χ1n) is 10.3. The molecule has 31 heavy (non-hydrogen) atoms. The molecule has 1 saturated carbocycles. The van der Waals surface area contributed by atoms with Gasteiger partial charge in [0.15, 0.2) is 11.5 Å². The molecular formula is C22H22N6O3. The van der Waals surface area contributed by atoms with Crippen LogP contribution >= 0.6 is 0 Å². The Labute approximate surface area is 178 Å². The van der Waals surface area contributed by atoms with Crippen LogP contribution in [0.4, 0.5) is 0 Å². The van der Waals surface area contributed by atoms with E-state index in [2.05, 4.69) is 20.5 Å². The summed E-state index contributed by atoms with van der Waals surface area (Å²) in [6, 6.07) is 7.32. The first kappa shape index (κ1) is 19.2. The van der Waals surface area contributed by atoms with Crippen LogP contribution in [-0.2, 0) is 4.79 Å². The van der Waals surface area contributed by atoms with Gasteiger partial charge in [-0.25, -0.2) is 9.67 Å². The molecule has 1 amide bonds. The molecule has 4 aromatic rings. The van der Waals surface area contributed by atoms with Crippen molar-refractivity contribution >= 4 is 28.7 Å². The minimum absolute atomic E-state index is 0.0658. The van der Waals surface area contributed by atoms with E-state index in [0.29, 0.717) is 22.6 Å². The number of methoxy groups -OCH3 is 1. The summed E-state index contributed by atoms with van der Waals surface area (Å²) in [6.07, 6.45) is 9.49. The normalized spacial score (nSPS) is 18.9. The third-order valence-electron chi connectivity index (χ3n) is 5.86. The molecule has 5 rings (SSSR count). The summed E-state index contributed by atoms with van der Waals surface area (Å²) in [5, 5.41) is 12.8. The van der Waals surface area contributed by atoms with Crippen LogP contribution < -0.4 is 10.1 Å². The Morgan fingerprint density at radius 2 is 2.10 bits per heavy atom. The summed E-state index contributed by atoms with van der Waals surface area (Å²) in [5.41, 5.74) is 1.88. The largest absolute Gasteiger partial charge is 0.496 e. The van der Waals surface area contributed by atoms with Gasteiger partial charge in [-0.05, 0) is 43.9 Å². The third kappa shape index (κ3) is 3.52. The molecule has 158 valence electrons. The number of aromatic nitrogens is 5. The highest BCUT2D eigenvalue weighted by atomic mass is 16.5. The zero-order valence-electron chi connectivity index (χ0n) is 17.1. The van der Waals surface area contributed by atoms with Crippen LogP contribution in [0.3, 0.4) is 0 Å². The van der Waals surface area contributed by atoms with Crippen LogP contribution in [0.5, 0.6) is 5.75 Å². The SMILES string of the molecule is COc1cc2nn(-c3cnc4cccnn34)cc2cc1C(=O)NC1CCC(C=O)CC1. The number of hydrogen-bond donors (Lipinski definition) is 1. The second-order valence-electron chi connectivity index (χ2n) is 7.82. The molecule has 1 aliphatic carbocycles. The number of imidazole rings is 1. The summed E-state index contributed by atoms with van der Waals surface area (Å²) < 4.78 is 8.88. The highest BCUT2D eigenvalue weighted by molar-refractivity contribution is 6.01. The van der Waals surface area contributed by atoms with Crippen LogP contribution in [0.2, 0.25) is 0 Å². The fraction of sp³-hybridized carbons (Fsp3) is 0.318. The second-order valence-corrected chi connectivity index (χ2v) is 7.82. The topological polar surface area (TPSA) is 103 Å². The Morgan fingerprint density at radius 1 is 1.26 bits per heavy atom. The van der Waals surface area contributed by atoms with E-state index in [4.69, 9.17) is 4.74 Å². The van der Waals surface area contributed by atoms with E-state index in [1.165, 1.54) is 0 Å². The maximum atomic E-state index is 13.0. The van der Waals surface area contributed by atoms with Crippen LogP contribution in [0.15, 0.2) is 42.9 Å². The smallest absolute Gasteiger partial charge is 0.255 e. The highest BCUT2D eigenvalue weighted by Crippen LogP contribution is 2.28. The van der Waals surface area contributed by atoms with E-state index in [0.717, 1.165) is 43.0 Å². The molecule has 9 heteroatoms. The molecule has 0 bridgehead atoms. The van der Waals surface area contributed by atoms with E-state index in [9.17, 15) is 9.59 Å². The molecular weight excluding hydrogens is 396 g/mol. The molecule has 1 fully saturated rings. The average molecular weight is 418 g/mol. The van der Waals surface area contributed by atoms with Crippen LogP contribution in [-0.4, -0.2) is 49.7 Å². The number of carbonyl (C=O) groups is 2. The molecule has 0 aliphatic heterocycles. The van der Waals surface area contributed by atoms with E-state index >= 15 is 0 Å². The third-order valence-corrected chi connectivity index (χ3v) is 5.86. The summed E-state index contributed by atoms with van der Waals surface area (Å²) in [5.74, 6) is 1.09. The zero-order valence-corrected chi connectivity index (χ0v) is 17.1. The van der Waals surface area contributed by atoms with Crippen molar-refractivity contribution in [1.82, 2.24) is 29.7 Å². The molecule has 1 aliphatic rings. The van der Waals surface area contributed by atoms with E-state index in [-0.39, 0.29) is 17.9 Å². The van der Waals surface area contributed by atoms with Gasteiger partial charge < -0.3 is 14.8 Å². The van der Waals surface area contributed by atoms with Gasteiger partial charge in [0.1, 0.15) is 12.0 Å². The second kappa shape index (κ2) is 7.82. The van der Waals surface area contributed by atoms with Crippen LogP contribution in [0, 0.1) is 5.92 Å². The maximum Gasteiger partial charge on any atom is 0.255 e. The maximum absolute atomic E-state index is 13.0. The number of rotatable bonds is 5. The summed E-state index contributed by atoms with van der Waals surface area (Å²) in [7, 11) is 1.54. The van der Waals surface area contributed by atoms with Crippen molar-refractivity contribution in [3.63, 3.8) is 0 Å². The van der Waals surface area contributed by atoms with Gasteiger partial charge in [-0.2, -0.15) is 14.7 Å². The number of aldehydes is 1. The van der Waals surface area contributed by atoms with Crippen molar-refractivity contribution in [3.05, 3.63) is 48.4 Å². The Morgan fingerprint density at radius 3 is 2.87 bits per heavy atom. The average Bonchev–Trinajstić information content (AvgIpc) is 3.42. The first-order chi connectivity index (χ1) is 15.2. The number of fused-ring (bicyclic) bond motifs is 2. The minimum atomic E-state index is -0.183. The minimum Gasteiger partial charge on any atom is -0.496 e. The molecule has 3 aromatic heterocycles. The lowest BCUT2D eigenvalue weighted by molar-refractivity contribution is -0.111. The Hall–Kier alpha value is -3.75. The number of ether oxygens (including phenoxy) is 1. The van der Waals surface area contributed by atoms with Crippen molar-refractivity contribution in [2.24, 2.45) is 5.92 Å². The number of nitrogens with zero attached hydrogens (tertiary/aromatic N) is 5. The van der Waals surface area contributed by atoms with Gasteiger partial charge >= 0.3 is 0 Å². The van der Waals surface area contributed by atoms with Crippen molar-refractivity contribution in [1.29, 1.82) is 0 Å². The Bertz CT molecular complexity index is 1270. The molecule has 3 heterocycles. The molecule has 0 spiro atoms. The summed E-state index contributed by atoms with van der Waals surface area (Å²) in [6.45, 7) is 0. The van der Waals surface area contributed by atoms with Crippen LogP contribution in [0.25, 0.3) is 22.4 Å². The molecule has 0 atom stereocenters. The van der Waals surface area contributed by atoms with Gasteiger partial charge in [-0.3, -0.25) is 4.79 Å². The van der Waals surface area contributed by atoms with Gasteiger partial charge in [0.25, 0.3) is 5.91 Å². The zero-order chi connectivity index (χ0) is 21.4. The van der Waals surface area contributed by atoms with Crippen molar-refractivity contribution < 1.29 is 14.3 Å². The summed E-state index contributed by atoms with van der Waals surface area (Å²) in [4.78, 5) is 28.3. The lowest BCUT2D eigenvalue weighted by atomic mass is 9.87. The molecule has 1 N–H and O–H groups in total. The molecule has 0 saturated heterocycles. The number of amides is 1. The fourth-order valence-corrected chi connectivity index (χ4v) is 4.15. The number of carbonyl (C=O) groups excluding carboxylic acids is 2. The van der Waals surface area contributed by atoms with Crippen molar-refractivity contribution in [2.45, 2.75) is 31.7 Å². The lowest BCUT2D eigenvalue weighted by Gasteiger charge is -2.26. The van der Waals surface area contributed by atoms with Gasteiger partial charge in [-0.1, -0.05) is 0 Å². The van der Waals surface area contributed by atoms with E-state index in [1.54, 1.807) is 40.8 Å². The highest BCUT2D eigenvalue weighted by Gasteiger charge is 2.24. The van der Waals surface area contributed by atoms with E-state index in [1.807, 2.05) is 18.3 Å². The number of benzene rings is 1. The van der Waals surface area contributed by atoms with Gasteiger partial charge in [0, 0.05) is 35.8 Å².